The highest BCUT2D eigenvalue weighted by molar-refractivity contribution is 5.75. The topological polar surface area (TPSA) is 83.3 Å². The fourth-order valence-corrected chi connectivity index (χ4v) is 3.13. The molecule has 1 saturated heterocycles. The molecular formula is C19H19N5O2. The zero-order valence-electron chi connectivity index (χ0n) is 14.1. The molecule has 1 aromatic carbocycles. The highest BCUT2D eigenvalue weighted by Crippen LogP contribution is 2.31. The molecule has 7 heteroatoms. The molecule has 0 spiro atoms. The molecule has 2 amide bonds. The monoisotopic (exact) mass is 349 g/mol. The van der Waals surface area contributed by atoms with E-state index in [2.05, 4.69) is 15.3 Å². The fraction of sp³-hybridized carbons (Fsp3) is 0.211. The summed E-state index contributed by atoms with van der Waals surface area (Å²) >= 11 is 0. The normalized spacial score (nSPS) is 15.3. The van der Waals surface area contributed by atoms with Gasteiger partial charge in [0.15, 0.2) is 0 Å². The quantitative estimate of drug-likeness (QED) is 0.751. The number of likely N-dealkylation sites (tertiary alicyclic amines) is 1. The zero-order chi connectivity index (χ0) is 18.0. The molecule has 26 heavy (non-hydrogen) atoms. The minimum Gasteiger partial charge on any atom is -0.381 e. The van der Waals surface area contributed by atoms with Crippen molar-refractivity contribution >= 4 is 6.03 Å². The van der Waals surface area contributed by atoms with Gasteiger partial charge in [0.05, 0.1) is 13.1 Å². The molecule has 0 bridgehead atoms. The number of nitrogens with one attached hydrogen (secondary N) is 1. The number of aromatic nitrogens is 3. The Morgan fingerprint density at radius 3 is 2.69 bits per heavy atom. The lowest BCUT2D eigenvalue weighted by Gasteiger charge is -2.46. The van der Waals surface area contributed by atoms with Gasteiger partial charge in [0.25, 0.3) is 0 Å². The number of carbonyl (C=O) groups is 1. The van der Waals surface area contributed by atoms with Crippen molar-refractivity contribution in [1.29, 1.82) is 0 Å². The van der Waals surface area contributed by atoms with Crippen molar-refractivity contribution in [3.05, 3.63) is 78.5 Å². The van der Waals surface area contributed by atoms with Gasteiger partial charge >= 0.3 is 6.03 Å². The van der Waals surface area contributed by atoms with Gasteiger partial charge in [0.2, 0.25) is 0 Å². The number of benzene rings is 1. The maximum atomic E-state index is 12.4. The number of nitrogens with zero attached hydrogens (tertiary/aromatic N) is 4. The van der Waals surface area contributed by atoms with Crippen LogP contribution < -0.4 is 5.32 Å². The van der Waals surface area contributed by atoms with Crippen LogP contribution in [0, 0.1) is 0 Å². The SMILES string of the molecule is O=C(NCc1cccnc1-n1ccnc1)N1CC(O)(c2ccccc2)C1. The molecule has 3 aromatic rings. The first-order chi connectivity index (χ1) is 12.7. The fourth-order valence-electron chi connectivity index (χ4n) is 3.13. The Bertz CT molecular complexity index is 889. The summed E-state index contributed by atoms with van der Waals surface area (Å²) in [6.45, 7) is 0.912. The summed E-state index contributed by atoms with van der Waals surface area (Å²) < 4.78 is 1.80. The maximum absolute atomic E-state index is 12.4. The van der Waals surface area contributed by atoms with Crippen molar-refractivity contribution in [2.45, 2.75) is 12.1 Å². The molecule has 1 aliphatic heterocycles. The van der Waals surface area contributed by atoms with Gasteiger partial charge in [0.1, 0.15) is 17.7 Å². The number of imidazole rings is 1. The molecule has 1 fully saturated rings. The van der Waals surface area contributed by atoms with E-state index in [-0.39, 0.29) is 19.1 Å². The Morgan fingerprint density at radius 1 is 1.15 bits per heavy atom. The van der Waals surface area contributed by atoms with E-state index in [4.69, 9.17) is 0 Å². The molecule has 0 radical (unpaired) electrons. The van der Waals surface area contributed by atoms with Crippen LogP contribution in [0.1, 0.15) is 11.1 Å². The standard InChI is InChI=1S/C19H19N5O2/c25-18(24-12-19(26,13-24)16-6-2-1-3-7-16)22-11-15-5-4-8-21-17(15)23-10-9-20-14-23/h1-10,14,26H,11-13H2,(H,22,25). The molecule has 2 N–H and O–H groups in total. The predicted octanol–water partition coefficient (Wildman–Crippen LogP) is 1.68. The second-order valence-corrected chi connectivity index (χ2v) is 6.37. The summed E-state index contributed by atoms with van der Waals surface area (Å²) in [5.41, 5.74) is 0.755. The van der Waals surface area contributed by atoms with Crippen LogP contribution in [0.2, 0.25) is 0 Å². The first-order valence-corrected chi connectivity index (χ1v) is 8.39. The molecular weight excluding hydrogens is 330 g/mol. The molecule has 1 aliphatic rings. The van der Waals surface area contributed by atoms with Crippen LogP contribution in [0.25, 0.3) is 5.82 Å². The number of β-amino-alcohol motifs (C(OH)–C–C–N with tert-alkyl or cyclic N) is 1. The number of pyridine rings is 1. The van der Waals surface area contributed by atoms with Crippen LogP contribution >= 0.6 is 0 Å². The first kappa shape index (κ1) is 16.3. The third-order valence-electron chi connectivity index (χ3n) is 4.55. The summed E-state index contributed by atoms with van der Waals surface area (Å²) in [4.78, 5) is 22.4. The van der Waals surface area contributed by atoms with Gasteiger partial charge in [0, 0.05) is 30.7 Å². The number of amides is 2. The van der Waals surface area contributed by atoms with E-state index in [1.54, 1.807) is 28.2 Å². The minimum absolute atomic E-state index is 0.203. The number of carbonyl (C=O) groups excluding carboxylic acids is 1. The van der Waals surface area contributed by atoms with E-state index in [0.717, 1.165) is 16.9 Å². The second kappa shape index (κ2) is 6.61. The zero-order valence-corrected chi connectivity index (χ0v) is 14.1. The molecule has 4 rings (SSSR count). The van der Waals surface area contributed by atoms with Gasteiger partial charge < -0.3 is 15.3 Å². The molecule has 0 unspecified atom stereocenters. The van der Waals surface area contributed by atoms with Crippen LogP contribution in [0.4, 0.5) is 4.79 Å². The Kier molecular flexibility index (Phi) is 4.14. The van der Waals surface area contributed by atoms with Crippen molar-refractivity contribution in [1.82, 2.24) is 24.8 Å². The van der Waals surface area contributed by atoms with Crippen molar-refractivity contribution in [2.24, 2.45) is 0 Å². The summed E-state index contributed by atoms with van der Waals surface area (Å²) in [7, 11) is 0. The van der Waals surface area contributed by atoms with Crippen molar-refractivity contribution < 1.29 is 9.90 Å². The smallest absolute Gasteiger partial charge is 0.317 e. The molecule has 132 valence electrons. The van der Waals surface area contributed by atoms with Crippen LogP contribution in [0.5, 0.6) is 0 Å². The lowest BCUT2D eigenvalue weighted by Crippen LogP contribution is -2.63. The first-order valence-electron chi connectivity index (χ1n) is 8.39. The molecule has 0 atom stereocenters. The van der Waals surface area contributed by atoms with E-state index in [1.165, 1.54) is 0 Å². The Balaban J connectivity index is 1.38. The molecule has 0 aliphatic carbocycles. The number of urea groups is 1. The molecule has 0 saturated carbocycles. The number of rotatable bonds is 4. The predicted molar refractivity (Wildman–Crippen MR) is 95.5 cm³/mol. The van der Waals surface area contributed by atoms with Gasteiger partial charge in [-0.15, -0.1) is 0 Å². The third-order valence-corrected chi connectivity index (χ3v) is 4.55. The molecule has 7 nitrogen and oxygen atoms in total. The molecule has 2 aromatic heterocycles. The second-order valence-electron chi connectivity index (χ2n) is 6.37. The average Bonchev–Trinajstić information content (AvgIpc) is 3.19. The number of aliphatic hydroxyl groups is 1. The van der Waals surface area contributed by atoms with Crippen LogP contribution in [-0.4, -0.2) is 43.7 Å². The van der Waals surface area contributed by atoms with E-state index >= 15 is 0 Å². The Hall–Kier alpha value is -3.19. The summed E-state index contributed by atoms with van der Waals surface area (Å²) in [6, 6.07) is 13.0. The largest absolute Gasteiger partial charge is 0.381 e. The maximum Gasteiger partial charge on any atom is 0.317 e. The van der Waals surface area contributed by atoms with Gasteiger partial charge in [-0.3, -0.25) is 4.57 Å². The molecule has 3 heterocycles. The summed E-state index contributed by atoms with van der Waals surface area (Å²) in [5, 5.41) is 13.5. The highest BCUT2D eigenvalue weighted by atomic mass is 16.3. The highest BCUT2D eigenvalue weighted by Gasteiger charge is 2.44. The number of hydrogen-bond donors (Lipinski definition) is 2. The van der Waals surface area contributed by atoms with Crippen LogP contribution in [0.15, 0.2) is 67.4 Å². The van der Waals surface area contributed by atoms with Gasteiger partial charge in [-0.1, -0.05) is 36.4 Å². The van der Waals surface area contributed by atoms with Crippen molar-refractivity contribution in [2.75, 3.05) is 13.1 Å². The third kappa shape index (κ3) is 3.04. The van der Waals surface area contributed by atoms with E-state index < -0.39 is 5.60 Å². The van der Waals surface area contributed by atoms with E-state index in [9.17, 15) is 9.90 Å². The van der Waals surface area contributed by atoms with Gasteiger partial charge in [-0.25, -0.2) is 14.8 Å². The van der Waals surface area contributed by atoms with Crippen LogP contribution in [0.3, 0.4) is 0 Å². The summed E-state index contributed by atoms with van der Waals surface area (Å²) in [6.07, 6.45) is 6.86. The van der Waals surface area contributed by atoms with Crippen molar-refractivity contribution in [3.8, 4) is 5.82 Å². The minimum atomic E-state index is -0.963. The van der Waals surface area contributed by atoms with Gasteiger partial charge in [-0.2, -0.15) is 0 Å². The van der Waals surface area contributed by atoms with E-state index in [0.29, 0.717) is 6.54 Å². The van der Waals surface area contributed by atoms with E-state index in [1.807, 2.05) is 48.7 Å². The van der Waals surface area contributed by atoms with Crippen molar-refractivity contribution in [3.63, 3.8) is 0 Å². The Labute approximate surface area is 150 Å². The Morgan fingerprint density at radius 2 is 1.96 bits per heavy atom. The lowest BCUT2D eigenvalue weighted by atomic mass is 9.86. The van der Waals surface area contributed by atoms with Crippen LogP contribution in [-0.2, 0) is 12.1 Å². The number of hydrogen-bond acceptors (Lipinski definition) is 4. The van der Waals surface area contributed by atoms with Gasteiger partial charge in [-0.05, 0) is 11.6 Å². The average molecular weight is 349 g/mol. The summed E-state index contributed by atoms with van der Waals surface area (Å²) in [5.74, 6) is 0.731. The lowest BCUT2D eigenvalue weighted by molar-refractivity contribution is -0.0816.